The Morgan fingerprint density at radius 2 is 0.786 bits per heavy atom. The molecule has 12 heteroatoms. The number of carbonyl (C=O) groups excluding carboxylic acids is 2. The third-order valence-corrected chi connectivity index (χ3v) is 12.4. The van der Waals surface area contributed by atoms with Crippen molar-refractivity contribution in [3.63, 3.8) is 0 Å². The predicted molar refractivity (Wildman–Crippen MR) is 165 cm³/mol. The highest BCUT2D eigenvalue weighted by Crippen LogP contribution is 2.35. The predicted octanol–water partition coefficient (Wildman–Crippen LogP) is 4.05. The Bertz CT molecular complexity index is 1090. The zero-order valence-electron chi connectivity index (χ0n) is 26.6. The van der Waals surface area contributed by atoms with Gasteiger partial charge in [-0.05, 0) is 78.6 Å². The summed E-state index contributed by atoms with van der Waals surface area (Å²) in [5.74, 6) is -1.16. The van der Waals surface area contributed by atoms with Crippen molar-refractivity contribution < 1.29 is 45.6 Å². The molecular formula is C30H46O10Si2. The molecular weight excluding hydrogens is 576 g/mol. The normalized spacial score (nSPS) is 12.0. The molecule has 0 N–H and O–H groups in total. The van der Waals surface area contributed by atoms with E-state index < -0.39 is 29.5 Å². The molecule has 0 aliphatic rings. The Balaban J connectivity index is 3.03. The van der Waals surface area contributed by atoms with Crippen molar-refractivity contribution >= 4 is 39.9 Å². The number of ether oxygens (including phenoxy) is 2. The van der Waals surface area contributed by atoms with E-state index >= 15 is 0 Å². The fraction of sp³-hybridized carbons (Fsp3) is 0.533. The van der Waals surface area contributed by atoms with E-state index in [1.54, 1.807) is 12.1 Å². The van der Waals surface area contributed by atoms with Crippen molar-refractivity contribution in [3.8, 4) is 11.1 Å². The maximum Gasteiger partial charge on any atom is 0.537 e. The molecule has 0 atom stereocenters. The van der Waals surface area contributed by atoms with Crippen molar-refractivity contribution in [2.75, 3.05) is 53.9 Å². The van der Waals surface area contributed by atoms with Crippen LogP contribution in [0.15, 0.2) is 24.3 Å². The molecule has 234 valence electrons. The second kappa shape index (κ2) is 16.4. The quantitative estimate of drug-likeness (QED) is 0.189. The van der Waals surface area contributed by atoms with Gasteiger partial charge in [-0.3, -0.25) is 0 Å². The van der Waals surface area contributed by atoms with E-state index in [0.717, 1.165) is 0 Å². The molecule has 0 aliphatic carbocycles. The summed E-state index contributed by atoms with van der Waals surface area (Å²) in [6.45, 7) is 17.1. The van der Waals surface area contributed by atoms with Gasteiger partial charge >= 0.3 is 29.5 Å². The standard InChI is InChI=1S/C30H46O10Si2/c1-11-35-41(36-12-2,37-13-3)23-17-21(7)27(25(19-23)29(31)33-9)28-22(8)18-24(20-26(28)30(32)34-10)42(38-14-4,39-15-5)40-16-6/h17-20H,11-16H2,1-10H3. The minimum absolute atomic E-state index is 0.243. The van der Waals surface area contributed by atoms with Gasteiger partial charge in [-0.25, -0.2) is 9.59 Å². The molecule has 2 rings (SSSR count). The van der Waals surface area contributed by atoms with Gasteiger partial charge in [0, 0.05) is 61.1 Å². The number of rotatable bonds is 17. The topological polar surface area (TPSA) is 108 Å². The first-order chi connectivity index (χ1) is 20.1. The van der Waals surface area contributed by atoms with E-state index in [9.17, 15) is 9.59 Å². The Hall–Kier alpha value is -2.43. The third kappa shape index (κ3) is 7.55. The molecule has 42 heavy (non-hydrogen) atoms. The van der Waals surface area contributed by atoms with E-state index in [-0.39, 0.29) is 11.1 Å². The molecule has 10 nitrogen and oxygen atoms in total. The maximum absolute atomic E-state index is 13.4. The van der Waals surface area contributed by atoms with Crippen LogP contribution >= 0.6 is 0 Å². The first-order valence-corrected chi connectivity index (χ1v) is 17.8. The number of methoxy groups -OCH3 is 2. The largest absolute Gasteiger partial charge is 0.537 e. The molecule has 0 saturated heterocycles. The van der Waals surface area contributed by atoms with E-state index in [0.29, 0.717) is 72.3 Å². The summed E-state index contributed by atoms with van der Waals surface area (Å²) in [6.07, 6.45) is 0. The van der Waals surface area contributed by atoms with Crippen LogP contribution in [0.3, 0.4) is 0 Å². The van der Waals surface area contributed by atoms with E-state index in [1.165, 1.54) is 14.2 Å². The molecule has 0 radical (unpaired) electrons. The van der Waals surface area contributed by atoms with Gasteiger partial charge in [0.2, 0.25) is 0 Å². The van der Waals surface area contributed by atoms with Gasteiger partial charge in [0.25, 0.3) is 0 Å². The minimum Gasteiger partial charge on any atom is -0.465 e. The summed E-state index contributed by atoms with van der Waals surface area (Å²) in [5, 5.41) is 1.25. The van der Waals surface area contributed by atoms with Crippen LogP contribution in [0.4, 0.5) is 0 Å². The SMILES string of the molecule is CCO[Si](OCC)(OCC)c1cc(C)c(-c2c(C)cc([Si](OCC)(OCC)OCC)cc2C(=O)OC)c(C(=O)OC)c1. The Kier molecular flexibility index (Phi) is 14.0. The van der Waals surface area contributed by atoms with Crippen LogP contribution in [0.1, 0.15) is 73.4 Å². The summed E-state index contributed by atoms with van der Waals surface area (Å²) in [6, 6.07) is 7.16. The fourth-order valence-electron chi connectivity index (χ4n) is 5.02. The second-order valence-electron chi connectivity index (χ2n) is 9.13. The summed E-state index contributed by atoms with van der Waals surface area (Å²) >= 11 is 0. The van der Waals surface area contributed by atoms with Crippen LogP contribution in [0.2, 0.25) is 0 Å². The van der Waals surface area contributed by atoms with E-state index in [2.05, 4.69) is 0 Å². The zero-order chi connectivity index (χ0) is 31.5. The summed E-state index contributed by atoms with van der Waals surface area (Å²) in [5.41, 5.74) is 2.94. The number of benzene rings is 2. The molecule has 0 aromatic heterocycles. The first-order valence-electron chi connectivity index (χ1n) is 14.4. The smallest absolute Gasteiger partial charge is 0.465 e. The zero-order valence-corrected chi connectivity index (χ0v) is 28.6. The molecule has 0 spiro atoms. The van der Waals surface area contributed by atoms with Crippen LogP contribution in [0.5, 0.6) is 0 Å². The lowest BCUT2D eigenvalue weighted by atomic mass is 9.88. The van der Waals surface area contributed by atoms with Gasteiger partial charge in [-0.2, -0.15) is 0 Å². The van der Waals surface area contributed by atoms with Crippen LogP contribution < -0.4 is 10.4 Å². The molecule has 2 aromatic carbocycles. The first kappa shape index (κ1) is 35.8. The highest BCUT2D eigenvalue weighted by atomic mass is 28.4. The monoisotopic (exact) mass is 622 g/mol. The average molecular weight is 623 g/mol. The van der Waals surface area contributed by atoms with Gasteiger partial charge < -0.3 is 36.0 Å². The summed E-state index contributed by atoms with van der Waals surface area (Å²) in [4.78, 5) is 26.7. The number of carbonyl (C=O) groups is 2. The lowest BCUT2D eigenvalue weighted by molar-refractivity contribution is 0.0589. The van der Waals surface area contributed by atoms with Crippen LogP contribution in [-0.2, 0) is 36.0 Å². The van der Waals surface area contributed by atoms with Crippen LogP contribution in [0, 0.1) is 13.8 Å². The van der Waals surface area contributed by atoms with Gasteiger partial charge in [0.15, 0.2) is 0 Å². The van der Waals surface area contributed by atoms with Gasteiger partial charge in [-0.1, -0.05) is 12.1 Å². The van der Waals surface area contributed by atoms with Crippen molar-refractivity contribution in [1.29, 1.82) is 0 Å². The van der Waals surface area contributed by atoms with Crippen molar-refractivity contribution in [2.24, 2.45) is 0 Å². The minimum atomic E-state index is -3.38. The van der Waals surface area contributed by atoms with Gasteiger partial charge in [-0.15, -0.1) is 0 Å². The number of hydrogen-bond donors (Lipinski definition) is 0. The highest BCUT2D eigenvalue weighted by Gasteiger charge is 2.46. The molecule has 0 amide bonds. The average Bonchev–Trinajstić information content (AvgIpc) is 2.96. The van der Waals surface area contributed by atoms with Crippen molar-refractivity contribution in [1.82, 2.24) is 0 Å². The van der Waals surface area contributed by atoms with Crippen LogP contribution in [0.25, 0.3) is 11.1 Å². The Labute approximate surface area is 252 Å². The fourth-order valence-corrected chi connectivity index (χ4v) is 10.2. The highest BCUT2D eigenvalue weighted by molar-refractivity contribution is 6.76. The second-order valence-corrected chi connectivity index (χ2v) is 14.2. The maximum atomic E-state index is 13.4. The van der Waals surface area contributed by atoms with Crippen molar-refractivity contribution in [3.05, 3.63) is 46.5 Å². The molecule has 0 aliphatic heterocycles. The molecule has 0 heterocycles. The third-order valence-electron chi connectivity index (χ3n) is 6.44. The number of esters is 2. The van der Waals surface area contributed by atoms with Gasteiger partial charge in [0.1, 0.15) is 0 Å². The Morgan fingerprint density at radius 1 is 0.524 bits per heavy atom. The molecule has 0 unspecified atom stereocenters. The summed E-state index contributed by atoms with van der Waals surface area (Å²) < 4.78 is 47.2. The van der Waals surface area contributed by atoms with Crippen molar-refractivity contribution in [2.45, 2.75) is 55.4 Å². The summed E-state index contributed by atoms with van der Waals surface area (Å²) in [7, 11) is -4.12. The number of aryl methyl sites for hydroxylation is 2. The Morgan fingerprint density at radius 3 is 1.00 bits per heavy atom. The molecule has 2 aromatic rings. The molecule has 0 bridgehead atoms. The van der Waals surface area contributed by atoms with Gasteiger partial charge in [0.05, 0.1) is 25.3 Å². The molecule has 0 saturated carbocycles. The number of hydrogen-bond acceptors (Lipinski definition) is 10. The lowest BCUT2D eigenvalue weighted by Crippen LogP contribution is -2.57. The van der Waals surface area contributed by atoms with Crippen LogP contribution in [-0.4, -0.2) is 83.4 Å². The van der Waals surface area contributed by atoms with E-state index in [4.69, 9.17) is 36.0 Å². The van der Waals surface area contributed by atoms with E-state index in [1.807, 2.05) is 67.5 Å². The lowest BCUT2D eigenvalue weighted by Gasteiger charge is -2.31. The molecule has 0 fully saturated rings.